The van der Waals surface area contributed by atoms with Gasteiger partial charge in [0.2, 0.25) is 5.91 Å². The maximum absolute atomic E-state index is 12.8. The van der Waals surface area contributed by atoms with Crippen LogP contribution in [0.15, 0.2) is 6.07 Å². The number of likely N-dealkylation sites (tertiary alicyclic amines) is 1. The molecule has 0 bridgehead atoms. The van der Waals surface area contributed by atoms with Gasteiger partial charge in [0.05, 0.1) is 18.1 Å². The van der Waals surface area contributed by atoms with Crippen LogP contribution < -0.4 is 0 Å². The number of hydrogen-bond donors (Lipinski definition) is 0. The summed E-state index contributed by atoms with van der Waals surface area (Å²) in [6.45, 7) is 6.73. The smallest absolute Gasteiger partial charge is 0.263 e. The second-order valence-electron chi connectivity index (χ2n) is 7.91. The van der Waals surface area contributed by atoms with Gasteiger partial charge in [-0.15, -0.1) is 11.3 Å². The molecule has 3 aliphatic rings. The average molecular weight is 377 g/mol. The third-order valence-electron chi connectivity index (χ3n) is 6.04. The van der Waals surface area contributed by atoms with Gasteiger partial charge in [0.25, 0.3) is 5.91 Å². The molecular weight excluding hydrogens is 348 g/mol. The Morgan fingerprint density at radius 2 is 1.81 bits per heavy atom. The van der Waals surface area contributed by atoms with E-state index in [1.165, 1.54) is 10.4 Å². The lowest BCUT2D eigenvalue weighted by Gasteiger charge is -2.31. The van der Waals surface area contributed by atoms with E-state index in [1.54, 1.807) is 11.3 Å². The van der Waals surface area contributed by atoms with Crippen LogP contribution in [0.3, 0.4) is 0 Å². The lowest BCUT2D eigenvalue weighted by atomic mass is 9.87. The molecule has 6 heteroatoms. The number of morpholine rings is 1. The summed E-state index contributed by atoms with van der Waals surface area (Å²) in [5.41, 5.74) is 1.22. The molecule has 0 unspecified atom stereocenters. The number of carbonyl (C=O) groups is 2. The van der Waals surface area contributed by atoms with Gasteiger partial charge >= 0.3 is 0 Å². The maximum atomic E-state index is 12.8. The second-order valence-corrected chi connectivity index (χ2v) is 9.05. The van der Waals surface area contributed by atoms with Crippen LogP contribution in [0.1, 0.15) is 46.3 Å². The predicted molar refractivity (Wildman–Crippen MR) is 102 cm³/mol. The molecule has 3 heterocycles. The first kappa shape index (κ1) is 18.0. The number of carbonyl (C=O) groups excluding carboxylic acids is 2. The van der Waals surface area contributed by atoms with Gasteiger partial charge in [-0.05, 0) is 49.7 Å². The first-order chi connectivity index (χ1) is 12.6. The zero-order valence-electron chi connectivity index (χ0n) is 15.5. The molecule has 0 N–H and O–H groups in total. The van der Waals surface area contributed by atoms with Crippen LogP contribution in [-0.2, 0) is 22.4 Å². The van der Waals surface area contributed by atoms with Crippen molar-refractivity contribution in [2.75, 3.05) is 39.4 Å². The fourth-order valence-corrected chi connectivity index (χ4v) is 5.43. The highest BCUT2D eigenvalue weighted by Crippen LogP contribution is 2.34. The van der Waals surface area contributed by atoms with Gasteiger partial charge in [-0.1, -0.05) is 6.92 Å². The van der Waals surface area contributed by atoms with E-state index >= 15 is 0 Å². The summed E-state index contributed by atoms with van der Waals surface area (Å²) in [5.74, 6) is 1.24. The molecule has 2 aliphatic heterocycles. The van der Waals surface area contributed by atoms with Crippen LogP contribution in [-0.4, -0.2) is 61.0 Å². The van der Waals surface area contributed by atoms with Crippen molar-refractivity contribution >= 4 is 23.2 Å². The van der Waals surface area contributed by atoms with Crippen LogP contribution in [0.25, 0.3) is 0 Å². The molecule has 4 rings (SSSR count). The molecule has 142 valence electrons. The average Bonchev–Trinajstić information content (AvgIpc) is 3.11. The maximum Gasteiger partial charge on any atom is 0.263 e. The topological polar surface area (TPSA) is 49.9 Å². The van der Waals surface area contributed by atoms with E-state index in [4.69, 9.17) is 4.74 Å². The summed E-state index contributed by atoms with van der Waals surface area (Å²) in [7, 11) is 0. The molecule has 1 aromatic heterocycles. The quantitative estimate of drug-likeness (QED) is 0.797. The Kier molecular flexibility index (Phi) is 5.32. The molecule has 0 spiro atoms. The Hall–Kier alpha value is -1.40. The van der Waals surface area contributed by atoms with Crippen molar-refractivity contribution in [2.24, 2.45) is 11.8 Å². The molecular formula is C20H28N2O3S. The number of thiophene rings is 1. The van der Waals surface area contributed by atoms with E-state index in [2.05, 4.69) is 13.0 Å². The summed E-state index contributed by atoms with van der Waals surface area (Å²) < 4.78 is 5.35. The Bertz CT molecular complexity index is 673. The summed E-state index contributed by atoms with van der Waals surface area (Å²) in [5, 5.41) is 0. The standard InChI is InChI=1S/C20H28N2O3S/c1-14-4-6-21(7-5-14)20(24)18-13-16-12-15(2-3-17(16)26-18)19(23)22-8-10-25-11-9-22/h13-15H,2-12H2,1H3/t15-/m0/s1. The number of hydrogen-bond acceptors (Lipinski definition) is 4. The Labute approximate surface area is 159 Å². The van der Waals surface area contributed by atoms with Gasteiger partial charge in [0, 0.05) is 37.0 Å². The number of piperidine rings is 1. The molecule has 26 heavy (non-hydrogen) atoms. The first-order valence-electron chi connectivity index (χ1n) is 9.89. The fourth-order valence-electron chi connectivity index (χ4n) is 4.25. The van der Waals surface area contributed by atoms with Crippen LogP contribution in [0.2, 0.25) is 0 Å². The molecule has 0 aromatic carbocycles. The van der Waals surface area contributed by atoms with Gasteiger partial charge in [0.15, 0.2) is 0 Å². The molecule has 0 radical (unpaired) electrons. The summed E-state index contributed by atoms with van der Waals surface area (Å²) in [6.07, 6.45) is 4.82. The van der Waals surface area contributed by atoms with E-state index < -0.39 is 0 Å². The lowest BCUT2D eigenvalue weighted by Crippen LogP contribution is -2.44. The van der Waals surface area contributed by atoms with E-state index in [9.17, 15) is 9.59 Å². The van der Waals surface area contributed by atoms with Crippen LogP contribution in [0.4, 0.5) is 0 Å². The molecule has 2 amide bonds. The van der Waals surface area contributed by atoms with E-state index in [-0.39, 0.29) is 17.7 Å². The van der Waals surface area contributed by atoms with Crippen molar-refractivity contribution in [2.45, 2.75) is 39.0 Å². The molecule has 1 aliphatic carbocycles. The molecule has 1 aromatic rings. The zero-order chi connectivity index (χ0) is 18.1. The van der Waals surface area contributed by atoms with Crippen molar-refractivity contribution in [1.29, 1.82) is 0 Å². The van der Waals surface area contributed by atoms with E-state index in [1.807, 2.05) is 9.80 Å². The van der Waals surface area contributed by atoms with Crippen LogP contribution in [0.5, 0.6) is 0 Å². The Morgan fingerprint density at radius 1 is 1.08 bits per heavy atom. The normalized spacial score (nSPS) is 24.4. The molecule has 5 nitrogen and oxygen atoms in total. The molecule has 0 saturated carbocycles. The van der Waals surface area contributed by atoms with Crippen molar-refractivity contribution in [1.82, 2.24) is 9.80 Å². The number of aryl methyl sites for hydroxylation is 1. The third kappa shape index (κ3) is 3.67. The predicted octanol–water partition coefficient (Wildman–Crippen LogP) is 2.58. The Morgan fingerprint density at radius 3 is 2.54 bits per heavy atom. The largest absolute Gasteiger partial charge is 0.378 e. The third-order valence-corrected chi connectivity index (χ3v) is 7.26. The first-order valence-corrected chi connectivity index (χ1v) is 10.7. The van der Waals surface area contributed by atoms with Gasteiger partial charge in [-0.25, -0.2) is 0 Å². The minimum Gasteiger partial charge on any atom is -0.378 e. The van der Waals surface area contributed by atoms with Crippen molar-refractivity contribution in [3.63, 3.8) is 0 Å². The minimum absolute atomic E-state index is 0.0639. The van der Waals surface area contributed by atoms with Gasteiger partial charge in [-0.3, -0.25) is 9.59 Å². The zero-order valence-corrected chi connectivity index (χ0v) is 16.4. The Balaban J connectivity index is 1.42. The van der Waals surface area contributed by atoms with Crippen molar-refractivity contribution < 1.29 is 14.3 Å². The van der Waals surface area contributed by atoms with Gasteiger partial charge < -0.3 is 14.5 Å². The summed E-state index contributed by atoms with van der Waals surface area (Å²) in [4.78, 5) is 31.7. The highest BCUT2D eigenvalue weighted by atomic mass is 32.1. The van der Waals surface area contributed by atoms with E-state index in [0.717, 1.165) is 56.0 Å². The molecule has 1 atom stereocenters. The highest BCUT2D eigenvalue weighted by Gasteiger charge is 2.32. The van der Waals surface area contributed by atoms with E-state index in [0.29, 0.717) is 26.3 Å². The van der Waals surface area contributed by atoms with Gasteiger partial charge in [0.1, 0.15) is 0 Å². The summed E-state index contributed by atoms with van der Waals surface area (Å²) >= 11 is 1.65. The number of fused-ring (bicyclic) bond motifs is 1. The highest BCUT2D eigenvalue weighted by molar-refractivity contribution is 7.14. The second kappa shape index (κ2) is 7.69. The number of ether oxygens (including phenoxy) is 1. The number of amides is 2. The molecule has 2 saturated heterocycles. The monoisotopic (exact) mass is 376 g/mol. The van der Waals surface area contributed by atoms with Gasteiger partial charge in [-0.2, -0.15) is 0 Å². The number of nitrogens with zero attached hydrogens (tertiary/aromatic N) is 2. The van der Waals surface area contributed by atoms with Crippen LogP contribution in [0, 0.1) is 11.8 Å². The van der Waals surface area contributed by atoms with Crippen molar-refractivity contribution in [3.05, 3.63) is 21.4 Å². The summed E-state index contributed by atoms with van der Waals surface area (Å²) in [6, 6.07) is 2.07. The fraction of sp³-hybridized carbons (Fsp3) is 0.700. The number of rotatable bonds is 2. The SMILES string of the molecule is CC1CCN(C(=O)c2cc3c(s2)CC[C@H](C(=O)N2CCOCC2)C3)CC1. The molecule has 2 fully saturated rings. The van der Waals surface area contributed by atoms with Crippen molar-refractivity contribution in [3.8, 4) is 0 Å². The van der Waals surface area contributed by atoms with Crippen LogP contribution >= 0.6 is 11.3 Å². The lowest BCUT2D eigenvalue weighted by molar-refractivity contribution is -0.140. The minimum atomic E-state index is 0.0639.